The molecule has 0 saturated carbocycles. The van der Waals surface area contributed by atoms with Gasteiger partial charge >= 0.3 is 0 Å². The van der Waals surface area contributed by atoms with E-state index in [1.807, 2.05) is 24.3 Å². The molecule has 0 spiro atoms. The predicted molar refractivity (Wildman–Crippen MR) is 88.0 cm³/mol. The first-order valence-corrected chi connectivity index (χ1v) is 8.11. The van der Waals surface area contributed by atoms with Crippen molar-refractivity contribution in [3.63, 3.8) is 0 Å². The van der Waals surface area contributed by atoms with Crippen LogP contribution in [0.2, 0.25) is 5.02 Å². The fourth-order valence-electron chi connectivity index (χ4n) is 2.03. The van der Waals surface area contributed by atoms with E-state index >= 15 is 0 Å². The van der Waals surface area contributed by atoms with E-state index in [9.17, 15) is 4.79 Å². The van der Waals surface area contributed by atoms with Crippen LogP contribution in [0.25, 0.3) is 0 Å². The number of hydrogen-bond acceptors (Lipinski definition) is 4. The Labute approximate surface area is 133 Å². The number of thioether (sulfide) groups is 1. The van der Waals surface area contributed by atoms with Gasteiger partial charge in [-0.05, 0) is 18.1 Å². The molecule has 0 saturated heterocycles. The van der Waals surface area contributed by atoms with E-state index in [1.54, 1.807) is 6.07 Å². The zero-order valence-electron chi connectivity index (χ0n) is 11.8. The third-order valence-corrected chi connectivity index (χ3v) is 4.49. The van der Waals surface area contributed by atoms with Crippen LogP contribution >= 0.6 is 23.4 Å². The summed E-state index contributed by atoms with van der Waals surface area (Å²) in [6, 6.07) is 9.13. The quantitative estimate of drug-likeness (QED) is 0.632. The summed E-state index contributed by atoms with van der Waals surface area (Å²) in [5.41, 5.74) is 7.48. The molecule has 4 nitrogen and oxygen atoms in total. The third-order valence-electron chi connectivity index (χ3n) is 3.00. The number of nitrogens with two attached hydrogens (primary N) is 1. The lowest BCUT2D eigenvalue weighted by Gasteiger charge is -2.15. The molecule has 2 aromatic rings. The Morgan fingerprint density at radius 3 is 2.86 bits per heavy atom. The van der Waals surface area contributed by atoms with Crippen molar-refractivity contribution in [2.45, 2.75) is 30.2 Å². The summed E-state index contributed by atoms with van der Waals surface area (Å²) in [7, 11) is 0. The molecule has 1 atom stereocenters. The van der Waals surface area contributed by atoms with E-state index in [4.69, 9.17) is 17.3 Å². The number of rotatable bonds is 6. The average molecular weight is 324 g/mol. The topological polar surface area (TPSA) is 71.8 Å². The number of halogens is 1. The normalized spacial score (nSPS) is 12.3. The third kappa shape index (κ3) is 4.33. The largest absolute Gasteiger partial charge is 0.329 e. The van der Waals surface area contributed by atoms with Crippen LogP contribution in [0.4, 0.5) is 0 Å². The van der Waals surface area contributed by atoms with Gasteiger partial charge in [0, 0.05) is 23.3 Å². The van der Waals surface area contributed by atoms with E-state index in [0.29, 0.717) is 16.7 Å². The first-order chi connectivity index (χ1) is 10.1. The Morgan fingerprint density at radius 2 is 2.19 bits per heavy atom. The van der Waals surface area contributed by atoms with Crippen LogP contribution < -0.4 is 11.3 Å². The molecule has 0 fully saturated rings. The molecular weight excluding hydrogens is 306 g/mol. The van der Waals surface area contributed by atoms with Gasteiger partial charge in [-0.15, -0.1) is 0 Å². The Hall–Kier alpha value is -1.30. The fourth-order valence-corrected chi connectivity index (χ4v) is 3.39. The molecule has 3 N–H and O–H groups in total. The first kappa shape index (κ1) is 16.1. The molecule has 1 aromatic heterocycles. The van der Waals surface area contributed by atoms with Gasteiger partial charge in [0.1, 0.15) is 0 Å². The maximum atomic E-state index is 11.7. The number of aryl methyl sites for hydroxylation is 1. The predicted octanol–water partition coefficient (Wildman–Crippen LogP) is 3.17. The van der Waals surface area contributed by atoms with Gasteiger partial charge in [0.05, 0.1) is 5.25 Å². The highest BCUT2D eigenvalue weighted by molar-refractivity contribution is 7.99. The van der Waals surface area contributed by atoms with Crippen LogP contribution in [-0.4, -0.2) is 16.5 Å². The Bertz CT molecular complexity index is 659. The standard InChI is InChI=1S/C15H18ClN3OS/c1-2-5-10-8-14(20)19-15(18-10)21-13(9-17)11-6-3-4-7-12(11)16/h3-4,6-8,13H,2,5,9,17H2,1H3,(H,18,19,20). The zero-order chi connectivity index (χ0) is 15.2. The number of nitrogens with zero attached hydrogens (tertiary/aromatic N) is 1. The molecule has 112 valence electrons. The second kappa shape index (κ2) is 7.64. The van der Waals surface area contributed by atoms with Gasteiger partial charge in [0.2, 0.25) is 0 Å². The van der Waals surface area contributed by atoms with Crippen molar-refractivity contribution in [2.75, 3.05) is 6.54 Å². The molecule has 21 heavy (non-hydrogen) atoms. The molecule has 1 aromatic carbocycles. The second-order valence-electron chi connectivity index (χ2n) is 4.66. The summed E-state index contributed by atoms with van der Waals surface area (Å²) < 4.78 is 0. The van der Waals surface area contributed by atoms with Crippen LogP contribution in [0.3, 0.4) is 0 Å². The van der Waals surface area contributed by atoms with Gasteiger partial charge in [0.25, 0.3) is 5.56 Å². The lowest BCUT2D eigenvalue weighted by atomic mass is 10.1. The molecule has 0 bridgehead atoms. The summed E-state index contributed by atoms with van der Waals surface area (Å²) in [4.78, 5) is 18.9. The van der Waals surface area contributed by atoms with Crippen molar-refractivity contribution < 1.29 is 0 Å². The molecule has 2 rings (SSSR count). The molecule has 1 heterocycles. The van der Waals surface area contributed by atoms with Gasteiger partial charge in [0.15, 0.2) is 5.16 Å². The summed E-state index contributed by atoms with van der Waals surface area (Å²) in [6.07, 6.45) is 1.74. The van der Waals surface area contributed by atoms with Crippen molar-refractivity contribution in [2.24, 2.45) is 5.73 Å². The minimum Gasteiger partial charge on any atom is -0.329 e. The lowest BCUT2D eigenvalue weighted by Crippen LogP contribution is -2.14. The van der Waals surface area contributed by atoms with E-state index in [2.05, 4.69) is 16.9 Å². The van der Waals surface area contributed by atoms with Crippen molar-refractivity contribution >= 4 is 23.4 Å². The summed E-state index contributed by atoms with van der Waals surface area (Å²) in [5, 5.41) is 1.22. The van der Waals surface area contributed by atoms with E-state index < -0.39 is 0 Å². The lowest BCUT2D eigenvalue weighted by molar-refractivity contribution is 0.810. The van der Waals surface area contributed by atoms with E-state index in [-0.39, 0.29) is 10.8 Å². The SMILES string of the molecule is CCCc1cc(=O)[nH]c(SC(CN)c2ccccc2Cl)n1. The van der Waals surface area contributed by atoms with Crippen molar-refractivity contribution in [3.05, 3.63) is 57.0 Å². The molecule has 0 aliphatic rings. The number of aromatic nitrogens is 2. The highest BCUT2D eigenvalue weighted by Crippen LogP contribution is 2.35. The van der Waals surface area contributed by atoms with Crippen molar-refractivity contribution in [1.82, 2.24) is 9.97 Å². The maximum absolute atomic E-state index is 11.7. The average Bonchev–Trinajstić information content (AvgIpc) is 2.45. The number of hydrogen-bond donors (Lipinski definition) is 2. The Balaban J connectivity index is 2.27. The summed E-state index contributed by atoms with van der Waals surface area (Å²) in [6.45, 7) is 2.47. The molecule has 6 heteroatoms. The minimum absolute atomic E-state index is 0.0428. The number of aromatic amines is 1. The van der Waals surface area contributed by atoms with Crippen molar-refractivity contribution in [1.29, 1.82) is 0 Å². The summed E-state index contributed by atoms with van der Waals surface area (Å²) >= 11 is 7.65. The number of H-pyrrole nitrogens is 1. The molecule has 0 aliphatic carbocycles. The highest BCUT2D eigenvalue weighted by Gasteiger charge is 2.16. The van der Waals surface area contributed by atoms with Gasteiger partial charge in [-0.1, -0.05) is 54.9 Å². The molecule has 0 aliphatic heterocycles. The molecular formula is C15H18ClN3OS. The summed E-state index contributed by atoms with van der Waals surface area (Å²) in [5.74, 6) is 0. The number of nitrogens with one attached hydrogen (secondary N) is 1. The smallest absolute Gasteiger partial charge is 0.251 e. The van der Waals surface area contributed by atoms with E-state index in [0.717, 1.165) is 24.1 Å². The second-order valence-corrected chi connectivity index (χ2v) is 6.25. The minimum atomic E-state index is -0.133. The maximum Gasteiger partial charge on any atom is 0.251 e. The van der Waals surface area contributed by atoms with Crippen LogP contribution in [-0.2, 0) is 6.42 Å². The first-order valence-electron chi connectivity index (χ1n) is 6.85. The molecule has 0 radical (unpaired) electrons. The Morgan fingerprint density at radius 1 is 1.43 bits per heavy atom. The van der Waals surface area contributed by atoms with Gasteiger partial charge in [-0.3, -0.25) is 4.79 Å². The Kier molecular flexibility index (Phi) is 5.85. The van der Waals surface area contributed by atoms with Crippen LogP contribution in [0.15, 0.2) is 40.3 Å². The van der Waals surface area contributed by atoms with Gasteiger partial charge < -0.3 is 10.7 Å². The van der Waals surface area contributed by atoms with E-state index in [1.165, 1.54) is 11.8 Å². The molecule has 1 unspecified atom stereocenters. The number of benzene rings is 1. The van der Waals surface area contributed by atoms with Crippen LogP contribution in [0, 0.1) is 0 Å². The van der Waals surface area contributed by atoms with Gasteiger partial charge in [-0.2, -0.15) is 0 Å². The van der Waals surface area contributed by atoms with Crippen LogP contribution in [0.1, 0.15) is 29.9 Å². The molecule has 0 amide bonds. The fraction of sp³-hybridized carbons (Fsp3) is 0.333. The monoisotopic (exact) mass is 323 g/mol. The van der Waals surface area contributed by atoms with Gasteiger partial charge in [-0.25, -0.2) is 4.98 Å². The van der Waals surface area contributed by atoms with Crippen molar-refractivity contribution in [3.8, 4) is 0 Å². The van der Waals surface area contributed by atoms with Crippen LogP contribution in [0.5, 0.6) is 0 Å². The zero-order valence-corrected chi connectivity index (χ0v) is 13.4. The highest BCUT2D eigenvalue weighted by atomic mass is 35.5.